The molecule has 0 aliphatic carbocycles. The number of carbonyl (C=O) groups excluding carboxylic acids is 1. The van der Waals surface area contributed by atoms with Crippen molar-refractivity contribution >= 4 is 17.7 Å². The van der Waals surface area contributed by atoms with Crippen molar-refractivity contribution in [2.75, 3.05) is 0 Å². The van der Waals surface area contributed by atoms with Gasteiger partial charge in [0.15, 0.2) is 5.69 Å². The molecule has 6 nitrogen and oxygen atoms in total. The summed E-state index contributed by atoms with van der Waals surface area (Å²) in [5, 5.41) is 19.5. The number of allylic oxidation sites excluding steroid dienone is 1. The highest BCUT2D eigenvalue weighted by atomic mass is 16.8. The Balaban J connectivity index is 1.90. The van der Waals surface area contributed by atoms with Gasteiger partial charge in [0.05, 0.1) is 11.1 Å². The fraction of sp³-hybridized carbons (Fsp3) is 0.167. The normalized spacial score (nSPS) is 17.0. The molecule has 3 rings (SSSR count). The summed E-state index contributed by atoms with van der Waals surface area (Å²) in [6, 6.07) is 9.99. The van der Waals surface area contributed by atoms with Gasteiger partial charge in [-0.05, 0) is 36.8 Å². The average molecular weight is 327 g/mol. The van der Waals surface area contributed by atoms with Crippen LogP contribution < -0.4 is 5.23 Å². The standard InChI is InChI=1S/C18H17NO5/c1-2-5-13-10-12(18(20)24-13)11-14-8-9-17(23-14)15-6-3-4-7-16(15)19(21)22/h3-4,6-11,19,21H,2,5H2,1H3. The van der Waals surface area contributed by atoms with Gasteiger partial charge in [-0.1, -0.05) is 19.1 Å². The molecule has 1 aliphatic rings. The summed E-state index contributed by atoms with van der Waals surface area (Å²) in [6.07, 6.45) is 4.90. The lowest BCUT2D eigenvalue weighted by atomic mass is 10.1. The maximum atomic E-state index is 11.8. The molecule has 0 amide bonds. The van der Waals surface area contributed by atoms with Gasteiger partial charge in [0.25, 0.3) is 0 Å². The van der Waals surface area contributed by atoms with Crippen molar-refractivity contribution in [1.82, 2.24) is 0 Å². The fourth-order valence-electron chi connectivity index (χ4n) is 2.52. The van der Waals surface area contributed by atoms with E-state index in [1.54, 1.807) is 42.5 Å². The van der Waals surface area contributed by atoms with Crippen LogP contribution in [0.15, 0.2) is 58.2 Å². The first-order valence-corrected chi connectivity index (χ1v) is 7.65. The van der Waals surface area contributed by atoms with Gasteiger partial charge < -0.3 is 14.4 Å². The second kappa shape index (κ2) is 6.84. The van der Waals surface area contributed by atoms with Gasteiger partial charge in [-0.3, -0.25) is 0 Å². The topological polar surface area (TPSA) is 87.2 Å². The largest absolute Gasteiger partial charge is 0.595 e. The van der Waals surface area contributed by atoms with Crippen LogP contribution in [0.4, 0.5) is 5.69 Å². The van der Waals surface area contributed by atoms with Gasteiger partial charge >= 0.3 is 5.97 Å². The van der Waals surface area contributed by atoms with E-state index in [-0.39, 0.29) is 5.69 Å². The smallest absolute Gasteiger partial charge is 0.343 e. The molecule has 0 saturated heterocycles. The van der Waals surface area contributed by atoms with E-state index < -0.39 is 11.2 Å². The van der Waals surface area contributed by atoms with Crippen LogP contribution in [-0.4, -0.2) is 11.2 Å². The zero-order valence-corrected chi connectivity index (χ0v) is 13.1. The van der Waals surface area contributed by atoms with Crippen molar-refractivity contribution in [3.05, 3.63) is 64.8 Å². The predicted octanol–water partition coefficient (Wildman–Crippen LogP) is 2.97. The minimum Gasteiger partial charge on any atom is -0.595 e. The number of cyclic esters (lactones) is 1. The van der Waals surface area contributed by atoms with Gasteiger partial charge in [0.1, 0.15) is 17.3 Å². The molecule has 1 atom stereocenters. The van der Waals surface area contributed by atoms with Crippen molar-refractivity contribution in [3.8, 4) is 11.3 Å². The van der Waals surface area contributed by atoms with Crippen LogP contribution in [-0.2, 0) is 9.53 Å². The minimum absolute atomic E-state index is 0.163. The third-order valence-electron chi connectivity index (χ3n) is 3.62. The predicted molar refractivity (Wildman–Crippen MR) is 87.0 cm³/mol. The van der Waals surface area contributed by atoms with Crippen LogP contribution in [0.1, 0.15) is 25.5 Å². The highest BCUT2D eigenvalue weighted by Gasteiger charge is 2.21. The maximum Gasteiger partial charge on any atom is 0.343 e. The number of quaternary nitrogens is 1. The molecule has 0 radical (unpaired) electrons. The zero-order valence-electron chi connectivity index (χ0n) is 13.1. The Morgan fingerprint density at radius 3 is 2.79 bits per heavy atom. The van der Waals surface area contributed by atoms with E-state index in [9.17, 15) is 15.2 Å². The van der Waals surface area contributed by atoms with Gasteiger partial charge in [-0.15, -0.1) is 0 Å². The first-order valence-electron chi connectivity index (χ1n) is 7.65. The Kier molecular flexibility index (Phi) is 4.61. The van der Waals surface area contributed by atoms with Crippen LogP contribution in [0.25, 0.3) is 17.4 Å². The summed E-state index contributed by atoms with van der Waals surface area (Å²) in [7, 11) is 0. The van der Waals surface area contributed by atoms with E-state index in [1.165, 1.54) is 6.07 Å². The molecule has 6 heteroatoms. The molecular formula is C18H17NO5. The van der Waals surface area contributed by atoms with Crippen LogP contribution in [0, 0.1) is 5.21 Å². The molecule has 0 spiro atoms. The molecular weight excluding hydrogens is 310 g/mol. The quantitative estimate of drug-likeness (QED) is 0.501. The molecule has 0 fully saturated rings. The number of ether oxygens (including phenoxy) is 1. The lowest BCUT2D eigenvalue weighted by Crippen LogP contribution is -2.99. The number of furan rings is 1. The number of carbonyl (C=O) groups is 1. The molecule has 124 valence electrons. The molecule has 1 aliphatic heterocycles. The number of nitrogens with one attached hydrogen (secondary N) is 1. The van der Waals surface area contributed by atoms with E-state index in [1.807, 2.05) is 6.92 Å². The number of benzene rings is 1. The Morgan fingerprint density at radius 1 is 1.25 bits per heavy atom. The van der Waals surface area contributed by atoms with Crippen molar-refractivity contribution in [2.45, 2.75) is 19.8 Å². The summed E-state index contributed by atoms with van der Waals surface area (Å²) in [5.74, 6) is 1.15. The van der Waals surface area contributed by atoms with Crippen molar-refractivity contribution < 1.29 is 24.4 Å². The van der Waals surface area contributed by atoms with E-state index in [0.29, 0.717) is 34.8 Å². The van der Waals surface area contributed by atoms with Crippen LogP contribution >= 0.6 is 0 Å². The Labute approximate surface area is 138 Å². The summed E-state index contributed by atoms with van der Waals surface area (Å²) in [4.78, 5) is 11.8. The Morgan fingerprint density at radius 2 is 2.04 bits per heavy atom. The van der Waals surface area contributed by atoms with Gasteiger partial charge in [-0.2, -0.15) is 5.23 Å². The molecule has 0 bridgehead atoms. The Hall–Kier alpha value is -2.67. The molecule has 1 aromatic heterocycles. The lowest BCUT2D eigenvalue weighted by molar-refractivity contribution is -0.991. The van der Waals surface area contributed by atoms with Gasteiger partial charge in [-0.25, -0.2) is 10.0 Å². The van der Waals surface area contributed by atoms with Gasteiger partial charge in [0.2, 0.25) is 0 Å². The number of para-hydroxylation sites is 1. The van der Waals surface area contributed by atoms with E-state index in [0.717, 1.165) is 6.42 Å². The molecule has 0 saturated carbocycles. The average Bonchev–Trinajstić information content (AvgIpc) is 3.15. The van der Waals surface area contributed by atoms with Crippen LogP contribution in [0.5, 0.6) is 0 Å². The first kappa shape index (κ1) is 16.2. The highest BCUT2D eigenvalue weighted by Crippen LogP contribution is 2.29. The molecule has 24 heavy (non-hydrogen) atoms. The maximum absolute atomic E-state index is 11.8. The number of hydrogen-bond donors (Lipinski definition) is 2. The van der Waals surface area contributed by atoms with E-state index in [2.05, 4.69) is 0 Å². The van der Waals surface area contributed by atoms with Crippen molar-refractivity contribution in [2.24, 2.45) is 0 Å². The fourth-order valence-corrected chi connectivity index (χ4v) is 2.52. The summed E-state index contributed by atoms with van der Waals surface area (Å²) < 4.78 is 10.9. The summed E-state index contributed by atoms with van der Waals surface area (Å²) >= 11 is 0. The van der Waals surface area contributed by atoms with E-state index >= 15 is 0 Å². The Bertz CT molecular complexity index is 816. The molecule has 2 heterocycles. The van der Waals surface area contributed by atoms with Gasteiger partial charge in [0, 0.05) is 12.5 Å². The SMILES string of the molecule is CCCC1=CC(=Cc2ccc(-c3ccccc3[NH+]([O-])O)o2)C(=O)O1. The lowest BCUT2D eigenvalue weighted by Gasteiger charge is -2.14. The third-order valence-corrected chi connectivity index (χ3v) is 3.62. The summed E-state index contributed by atoms with van der Waals surface area (Å²) in [5.41, 5.74) is 1.08. The van der Waals surface area contributed by atoms with E-state index in [4.69, 9.17) is 9.15 Å². The zero-order chi connectivity index (χ0) is 17.1. The number of rotatable bonds is 5. The number of hydrogen-bond acceptors (Lipinski definition) is 5. The molecule has 2 N–H and O–H groups in total. The van der Waals surface area contributed by atoms with Crippen molar-refractivity contribution in [3.63, 3.8) is 0 Å². The second-order valence-electron chi connectivity index (χ2n) is 5.40. The monoisotopic (exact) mass is 327 g/mol. The van der Waals surface area contributed by atoms with Crippen LogP contribution in [0.2, 0.25) is 0 Å². The van der Waals surface area contributed by atoms with Crippen LogP contribution in [0.3, 0.4) is 0 Å². The number of esters is 1. The summed E-state index contributed by atoms with van der Waals surface area (Å²) in [6.45, 7) is 2.01. The first-order chi connectivity index (χ1) is 11.6. The minimum atomic E-state index is -1.02. The molecule has 1 aromatic carbocycles. The highest BCUT2D eigenvalue weighted by molar-refractivity contribution is 5.99. The molecule has 2 aromatic rings. The molecule has 1 unspecified atom stereocenters. The second-order valence-corrected chi connectivity index (χ2v) is 5.40. The van der Waals surface area contributed by atoms with Crippen molar-refractivity contribution in [1.29, 1.82) is 0 Å². The third kappa shape index (κ3) is 3.30.